The highest BCUT2D eigenvalue weighted by Gasteiger charge is 2.41. The first-order valence-electron chi connectivity index (χ1n) is 7.60. The Morgan fingerprint density at radius 3 is 2.78 bits per heavy atom. The summed E-state index contributed by atoms with van der Waals surface area (Å²) in [5.74, 6) is -0.291. The van der Waals surface area contributed by atoms with Gasteiger partial charge in [-0.2, -0.15) is 0 Å². The zero-order valence-corrected chi connectivity index (χ0v) is 12.9. The third-order valence-electron chi connectivity index (χ3n) is 4.04. The fourth-order valence-electron chi connectivity index (χ4n) is 2.87. The quantitative estimate of drug-likeness (QED) is 0.672. The molecule has 2 unspecified atom stereocenters. The van der Waals surface area contributed by atoms with E-state index < -0.39 is 11.8 Å². The first-order chi connectivity index (χ1) is 11.1. The molecule has 1 aliphatic carbocycles. The second kappa shape index (κ2) is 6.08. The molecule has 0 aliphatic heterocycles. The van der Waals surface area contributed by atoms with Gasteiger partial charge in [-0.25, -0.2) is 0 Å². The van der Waals surface area contributed by atoms with Crippen molar-refractivity contribution in [2.75, 3.05) is 6.61 Å². The number of nitrogens with two attached hydrogens (primary N) is 1. The number of Topliss-reactive ketones (excluding diaryl/α,β-unsaturated/α-hetero) is 1. The monoisotopic (exact) mass is 309 g/mol. The van der Waals surface area contributed by atoms with Crippen LogP contribution in [0, 0.1) is 0 Å². The van der Waals surface area contributed by atoms with E-state index in [2.05, 4.69) is 0 Å². The zero-order chi connectivity index (χ0) is 16.4. The van der Waals surface area contributed by atoms with E-state index >= 15 is 0 Å². The molecule has 0 saturated carbocycles. The maximum atomic E-state index is 13.0. The van der Waals surface area contributed by atoms with Crippen molar-refractivity contribution in [2.45, 2.75) is 18.8 Å². The van der Waals surface area contributed by atoms with E-state index in [-0.39, 0.29) is 11.4 Å². The van der Waals surface area contributed by atoms with Crippen LogP contribution in [0.4, 0.5) is 0 Å². The highest BCUT2D eigenvalue weighted by Crippen LogP contribution is 2.29. The number of allylic oxidation sites excluding steroid dienone is 2. The molecule has 3 rings (SSSR count). The van der Waals surface area contributed by atoms with Crippen molar-refractivity contribution in [2.24, 2.45) is 5.73 Å². The second-order valence-corrected chi connectivity index (χ2v) is 5.52. The molecule has 0 spiro atoms. The van der Waals surface area contributed by atoms with Crippen LogP contribution in [0.3, 0.4) is 0 Å². The molecule has 1 aliphatic rings. The first-order valence-corrected chi connectivity index (χ1v) is 7.60. The molecule has 2 aromatic carbocycles. The van der Waals surface area contributed by atoms with Gasteiger partial charge >= 0.3 is 0 Å². The predicted octanol–water partition coefficient (Wildman–Crippen LogP) is 2.57. The van der Waals surface area contributed by atoms with E-state index in [1.54, 1.807) is 24.3 Å². The highest BCUT2D eigenvalue weighted by molar-refractivity contribution is 6.17. The van der Waals surface area contributed by atoms with Crippen LogP contribution >= 0.6 is 0 Å². The van der Waals surface area contributed by atoms with Gasteiger partial charge in [0.25, 0.3) is 0 Å². The van der Waals surface area contributed by atoms with Gasteiger partial charge in [0, 0.05) is 17.7 Å². The van der Waals surface area contributed by atoms with Crippen LogP contribution in [0.1, 0.15) is 17.3 Å². The van der Waals surface area contributed by atoms with Crippen molar-refractivity contribution in [1.82, 2.24) is 0 Å². The molecule has 0 bridgehead atoms. The van der Waals surface area contributed by atoms with Crippen molar-refractivity contribution in [3.63, 3.8) is 0 Å². The Morgan fingerprint density at radius 2 is 2.00 bits per heavy atom. The molecule has 3 N–H and O–H groups in total. The number of benzene rings is 2. The molecular weight excluding hydrogens is 290 g/mol. The summed E-state index contributed by atoms with van der Waals surface area (Å²) >= 11 is 0. The predicted molar refractivity (Wildman–Crippen MR) is 90.1 cm³/mol. The Morgan fingerprint density at radius 1 is 1.26 bits per heavy atom. The van der Waals surface area contributed by atoms with Crippen molar-refractivity contribution < 1.29 is 14.6 Å². The van der Waals surface area contributed by atoms with Gasteiger partial charge in [-0.1, -0.05) is 60.7 Å². The summed E-state index contributed by atoms with van der Waals surface area (Å²) in [5.41, 5.74) is 4.83. The Balaban J connectivity index is 2.05. The third-order valence-corrected chi connectivity index (χ3v) is 4.04. The Hall–Kier alpha value is -2.27. The van der Waals surface area contributed by atoms with Gasteiger partial charge in [-0.05, 0) is 17.7 Å². The van der Waals surface area contributed by atoms with Gasteiger partial charge in [0.05, 0.1) is 0 Å². The number of ether oxygens (including phenoxy) is 1. The lowest BCUT2D eigenvalue weighted by Gasteiger charge is -2.34. The number of carbonyl (C=O) groups excluding carboxylic acids is 1. The normalized spacial score (nSPS) is 23.8. The Kier molecular flexibility index (Phi) is 4.13. The van der Waals surface area contributed by atoms with Gasteiger partial charge in [0.15, 0.2) is 11.5 Å². The fourth-order valence-corrected chi connectivity index (χ4v) is 2.87. The first kappa shape index (κ1) is 15.6. The van der Waals surface area contributed by atoms with E-state index in [9.17, 15) is 9.90 Å². The van der Waals surface area contributed by atoms with Gasteiger partial charge in [0.1, 0.15) is 6.10 Å². The summed E-state index contributed by atoms with van der Waals surface area (Å²) in [4.78, 5) is 13.0. The van der Waals surface area contributed by atoms with E-state index in [0.717, 1.165) is 10.8 Å². The van der Waals surface area contributed by atoms with Crippen LogP contribution in [0.5, 0.6) is 0 Å². The Labute approximate surface area is 134 Å². The summed E-state index contributed by atoms with van der Waals surface area (Å²) < 4.78 is 5.45. The lowest BCUT2D eigenvalue weighted by atomic mass is 9.86. The zero-order valence-electron chi connectivity index (χ0n) is 12.9. The molecule has 0 aromatic heterocycles. The number of fused-ring (bicyclic) bond motifs is 1. The molecule has 0 fully saturated rings. The summed E-state index contributed by atoms with van der Waals surface area (Å²) in [7, 11) is 0. The average Bonchev–Trinajstić information content (AvgIpc) is 2.55. The molecule has 0 radical (unpaired) electrons. The molecular formula is C19H19NO3. The Bertz CT molecular complexity index is 800. The van der Waals surface area contributed by atoms with Gasteiger partial charge in [0.2, 0.25) is 0 Å². The molecule has 4 nitrogen and oxygen atoms in total. The minimum Gasteiger partial charge on any atom is -0.370 e. The highest BCUT2D eigenvalue weighted by atomic mass is 16.5. The smallest absolute Gasteiger partial charge is 0.194 e. The van der Waals surface area contributed by atoms with E-state index in [1.165, 1.54) is 0 Å². The summed E-state index contributed by atoms with van der Waals surface area (Å²) in [6.45, 7) is 2.21. The van der Waals surface area contributed by atoms with Gasteiger partial charge in [-0.15, -0.1) is 0 Å². The third kappa shape index (κ3) is 2.72. The lowest BCUT2D eigenvalue weighted by molar-refractivity contribution is -0.0562. The number of rotatable bonds is 4. The SMILES string of the molecule is CCOC1C=CC=C(C(=O)c2cccc3ccccc23)C1(N)O. The fraction of sp³-hybridized carbons (Fsp3) is 0.211. The van der Waals surface area contributed by atoms with Crippen molar-refractivity contribution in [3.05, 3.63) is 71.8 Å². The van der Waals surface area contributed by atoms with Crippen molar-refractivity contribution in [3.8, 4) is 0 Å². The van der Waals surface area contributed by atoms with Crippen LogP contribution in [0.15, 0.2) is 66.3 Å². The van der Waals surface area contributed by atoms with E-state index in [0.29, 0.717) is 12.2 Å². The molecule has 2 aromatic rings. The van der Waals surface area contributed by atoms with Gasteiger partial charge in [-0.3, -0.25) is 10.5 Å². The van der Waals surface area contributed by atoms with Crippen LogP contribution in [0.2, 0.25) is 0 Å². The minimum absolute atomic E-state index is 0.134. The number of carbonyl (C=O) groups is 1. The van der Waals surface area contributed by atoms with Crippen LogP contribution < -0.4 is 5.73 Å². The van der Waals surface area contributed by atoms with E-state index in [4.69, 9.17) is 10.5 Å². The number of hydrogen-bond donors (Lipinski definition) is 2. The van der Waals surface area contributed by atoms with Crippen molar-refractivity contribution >= 4 is 16.6 Å². The second-order valence-electron chi connectivity index (χ2n) is 5.52. The standard InChI is InChI=1S/C19H19NO3/c1-2-23-17-12-6-11-16(19(17,20)22)18(21)15-10-5-8-13-7-3-4-9-14(13)15/h3-12,17,22H,2,20H2,1H3. The minimum atomic E-state index is -1.85. The summed E-state index contributed by atoms with van der Waals surface area (Å²) in [6, 6.07) is 13.1. The molecule has 118 valence electrons. The molecule has 0 saturated heterocycles. The van der Waals surface area contributed by atoms with E-state index in [1.807, 2.05) is 43.3 Å². The van der Waals surface area contributed by atoms with Crippen LogP contribution in [-0.4, -0.2) is 29.3 Å². The molecule has 0 amide bonds. The maximum absolute atomic E-state index is 13.0. The molecule has 0 heterocycles. The summed E-state index contributed by atoms with van der Waals surface area (Å²) in [5, 5.41) is 12.4. The van der Waals surface area contributed by atoms with Gasteiger partial charge < -0.3 is 9.84 Å². The maximum Gasteiger partial charge on any atom is 0.194 e. The molecule has 2 atom stereocenters. The summed E-state index contributed by atoms with van der Waals surface area (Å²) in [6.07, 6.45) is 4.16. The van der Waals surface area contributed by atoms with Crippen molar-refractivity contribution in [1.29, 1.82) is 0 Å². The number of aliphatic hydroxyl groups is 1. The number of ketones is 1. The van der Waals surface area contributed by atoms with Crippen LogP contribution in [-0.2, 0) is 4.74 Å². The lowest BCUT2D eigenvalue weighted by Crippen LogP contribution is -2.55. The number of hydrogen-bond acceptors (Lipinski definition) is 4. The largest absolute Gasteiger partial charge is 0.370 e. The molecule has 23 heavy (non-hydrogen) atoms. The molecule has 4 heteroatoms. The topological polar surface area (TPSA) is 72.5 Å². The average molecular weight is 309 g/mol. The van der Waals surface area contributed by atoms with Crippen LogP contribution in [0.25, 0.3) is 10.8 Å².